The van der Waals surface area contributed by atoms with Crippen molar-refractivity contribution in [2.24, 2.45) is 5.41 Å². The van der Waals surface area contributed by atoms with E-state index in [9.17, 15) is 5.11 Å². The van der Waals surface area contributed by atoms with Crippen molar-refractivity contribution in [3.8, 4) is 0 Å². The monoisotopic (exact) mass is 187 g/mol. The summed E-state index contributed by atoms with van der Waals surface area (Å²) in [4.78, 5) is 2.26. The van der Waals surface area contributed by atoms with E-state index in [-0.39, 0.29) is 17.6 Å². The Kier molecular flexibility index (Phi) is 4.40. The molecule has 0 saturated carbocycles. The number of hydrogen-bond acceptors (Lipinski definition) is 2. The summed E-state index contributed by atoms with van der Waals surface area (Å²) in [6.07, 6.45) is 0.983. The average Bonchev–Trinajstić information content (AvgIpc) is 2.04. The van der Waals surface area contributed by atoms with Crippen molar-refractivity contribution < 1.29 is 5.11 Å². The highest BCUT2D eigenvalue weighted by atomic mass is 16.3. The molecule has 0 amide bonds. The van der Waals surface area contributed by atoms with Gasteiger partial charge in [-0.2, -0.15) is 0 Å². The molecule has 0 heterocycles. The third kappa shape index (κ3) is 2.23. The summed E-state index contributed by atoms with van der Waals surface area (Å²) in [5.41, 5.74) is 0.0308. The topological polar surface area (TPSA) is 23.5 Å². The van der Waals surface area contributed by atoms with Crippen LogP contribution in [-0.4, -0.2) is 35.7 Å². The van der Waals surface area contributed by atoms with Crippen LogP contribution >= 0.6 is 0 Å². The number of rotatable bonds is 4. The van der Waals surface area contributed by atoms with Gasteiger partial charge in [0.2, 0.25) is 0 Å². The summed E-state index contributed by atoms with van der Waals surface area (Å²) in [5.74, 6) is 0. The van der Waals surface area contributed by atoms with Crippen molar-refractivity contribution in [2.75, 3.05) is 20.2 Å². The predicted molar refractivity (Wildman–Crippen MR) is 57.9 cm³/mol. The molecule has 80 valence electrons. The molecule has 0 aliphatic carbocycles. The predicted octanol–water partition coefficient (Wildman–Crippen LogP) is 2.13. The molecule has 0 radical (unpaired) electrons. The zero-order chi connectivity index (χ0) is 10.7. The maximum absolute atomic E-state index is 9.57. The van der Waals surface area contributed by atoms with Gasteiger partial charge in [-0.3, -0.25) is 4.90 Å². The number of aliphatic hydroxyl groups is 1. The molecule has 13 heavy (non-hydrogen) atoms. The molecule has 0 aromatic rings. The van der Waals surface area contributed by atoms with Gasteiger partial charge in [-0.1, -0.05) is 34.6 Å². The van der Waals surface area contributed by atoms with Gasteiger partial charge in [-0.05, 0) is 25.4 Å². The molecule has 0 spiro atoms. The fourth-order valence-corrected chi connectivity index (χ4v) is 2.15. The molecule has 0 aromatic carbocycles. The van der Waals surface area contributed by atoms with Crippen LogP contribution in [0, 0.1) is 5.41 Å². The Bertz CT molecular complexity index is 145. The van der Waals surface area contributed by atoms with Gasteiger partial charge in [0.25, 0.3) is 0 Å². The van der Waals surface area contributed by atoms with E-state index in [2.05, 4.69) is 46.6 Å². The number of aliphatic hydroxyl groups excluding tert-OH is 1. The minimum atomic E-state index is -0.0816. The van der Waals surface area contributed by atoms with E-state index < -0.39 is 0 Å². The molecule has 0 bridgehead atoms. The summed E-state index contributed by atoms with van der Waals surface area (Å²) in [6, 6.07) is 0. The first-order valence-corrected chi connectivity index (χ1v) is 5.17. The van der Waals surface area contributed by atoms with Gasteiger partial charge in [0.05, 0.1) is 6.61 Å². The number of hydrogen-bond donors (Lipinski definition) is 1. The molecule has 0 rings (SSSR count). The van der Waals surface area contributed by atoms with Crippen LogP contribution in [-0.2, 0) is 0 Å². The van der Waals surface area contributed by atoms with Gasteiger partial charge in [-0.25, -0.2) is 0 Å². The maximum atomic E-state index is 9.57. The van der Waals surface area contributed by atoms with Crippen LogP contribution < -0.4 is 0 Å². The van der Waals surface area contributed by atoms with Crippen LogP contribution in [0.5, 0.6) is 0 Å². The standard InChI is InChI=1S/C11H25NO/c1-7-11(9-13,10(3,4)5)12(6)8-2/h13H,7-9H2,1-6H3. The van der Waals surface area contributed by atoms with E-state index in [4.69, 9.17) is 0 Å². The highest BCUT2D eigenvalue weighted by Gasteiger charge is 2.42. The Labute approximate surface area is 82.9 Å². The number of likely N-dealkylation sites (N-methyl/N-ethyl adjacent to an activating group) is 1. The average molecular weight is 187 g/mol. The molecule has 0 fully saturated rings. The van der Waals surface area contributed by atoms with E-state index in [1.165, 1.54) is 0 Å². The lowest BCUT2D eigenvalue weighted by molar-refractivity contribution is -0.0349. The van der Waals surface area contributed by atoms with Crippen LogP contribution in [0.1, 0.15) is 41.0 Å². The first kappa shape index (κ1) is 12.9. The Hall–Kier alpha value is -0.0800. The maximum Gasteiger partial charge on any atom is 0.0620 e. The normalized spacial score (nSPS) is 17.5. The van der Waals surface area contributed by atoms with Crippen molar-refractivity contribution in [1.29, 1.82) is 0 Å². The Morgan fingerprint density at radius 1 is 1.15 bits per heavy atom. The second kappa shape index (κ2) is 4.43. The minimum absolute atomic E-state index is 0.0816. The number of nitrogens with zero attached hydrogens (tertiary/aromatic N) is 1. The highest BCUT2D eigenvalue weighted by molar-refractivity contribution is 4.97. The Morgan fingerprint density at radius 3 is 1.69 bits per heavy atom. The van der Waals surface area contributed by atoms with E-state index in [1.807, 2.05) is 0 Å². The largest absolute Gasteiger partial charge is 0.394 e. The third-order valence-electron chi connectivity index (χ3n) is 3.45. The second-order valence-electron chi connectivity index (χ2n) is 4.81. The highest BCUT2D eigenvalue weighted by Crippen LogP contribution is 2.37. The van der Waals surface area contributed by atoms with Gasteiger partial charge in [0.1, 0.15) is 0 Å². The zero-order valence-corrected chi connectivity index (χ0v) is 10.0. The van der Waals surface area contributed by atoms with Crippen molar-refractivity contribution >= 4 is 0 Å². The molecule has 0 aliphatic heterocycles. The molecular formula is C11H25NO. The van der Waals surface area contributed by atoms with Crippen molar-refractivity contribution in [2.45, 2.75) is 46.6 Å². The van der Waals surface area contributed by atoms with Gasteiger partial charge >= 0.3 is 0 Å². The Balaban J connectivity index is 4.91. The zero-order valence-electron chi connectivity index (χ0n) is 10.0. The summed E-state index contributed by atoms with van der Waals surface area (Å²) >= 11 is 0. The molecule has 1 N–H and O–H groups in total. The van der Waals surface area contributed by atoms with E-state index >= 15 is 0 Å². The molecule has 0 saturated heterocycles. The van der Waals surface area contributed by atoms with Gasteiger partial charge in [0.15, 0.2) is 0 Å². The quantitative estimate of drug-likeness (QED) is 0.729. The van der Waals surface area contributed by atoms with E-state index in [0.717, 1.165) is 13.0 Å². The van der Waals surface area contributed by atoms with Gasteiger partial charge < -0.3 is 5.11 Å². The Morgan fingerprint density at radius 2 is 1.62 bits per heavy atom. The summed E-state index contributed by atoms with van der Waals surface area (Å²) in [5, 5.41) is 9.57. The van der Waals surface area contributed by atoms with Crippen molar-refractivity contribution in [3.05, 3.63) is 0 Å². The van der Waals surface area contributed by atoms with E-state index in [0.29, 0.717) is 0 Å². The fraction of sp³-hybridized carbons (Fsp3) is 1.00. The van der Waals surface area contributed by atoms with Crippen LogP contribution in [0.15, 0.2) is 0 Å². The van der Waals surface area contributed by atoms with Gasteiger partial charge in [-0.15, -0.1) is 0 Å². The molecule has 1 atom stereocenters. The first-order chi connectivity index (χ1) is 5.85. The summed E-state index contributed by atoms with van der Waals surface area (Å²) < 4.78 is 0. The summed E-state index contributed by atoms with van der Waals surface area (Å²) in [6.45, 7) is 12.1. The SMILES string of the molecule is CCN(C)C(CC)(CO)C(C)(C)C. The summed E-state index contributed by atoms with van der Waals surface area (Å²) in [7, 11) is 2.09. The molecular weight excluding hydrogens is 162 g/mol. The smallest absolute Gasteiger partial charge is 0.0620 e. The van der Waals surface area contributed by atoms with Crippen LogP contribution in [0.2, 0.25) is 0 Å². The van der Waals surface area contributed by atoms with E-state index in [1.54, 1.807) is 0 Å². The van der Waals surface area contributed by atoms with Crippen molar-refractivity contribution in [1.82, 2.24) is 4.90 Å². The third-order valence-corrected chi connectivity index (χ3v) is 3.45. The van der Waals surface area contributed by atoms with Crippen LogP contribution in [0.3, 0.4) is 0 Å². The first-order valence-electron chi connectivity index (χ1n) is 5.17. The molecule has 1 unspecified atom stereocenters. The minimum Gasteiger partial charge on any atom is -0.394 e. The molecule has 0 aromatic heterocycles. The second-order valence-corrected chi connectivity index (χ2v) is 4.81. The molecule has 2 nitrogen and oxygen atoms in total. The lowest BCUT2D eigenvalue weighted by Gasteiger charge is -2.49. The molecule has 2 heteroatoms. The van der Waals surface area contributed by atoms with Crippen molar-refractivity contribution in [3.63, 3.8) is 0 Å². The molecule has 0 aliphatic rings. The van der Waals surface area contributed by atoms with Crippen LogP contribution in [0.4, 0.5) is 0 Å². The van der Waals surface area contributed by atoms with Gasteiger partial charge in [0, 0.05) is 5.54 Å². The fourth-order valence-electron chi connectivity index (χ4n) is 2.15. The lowest BCUT2D eigenvalue weighted by Crippen LogP contribution is -2.57. The van der Waals surface area contributed by atoms with Crippen LogP contribution in [0.25, 0.3) is 0 Å². The lowest BCUT2D eigenvalue weighted by atomic mass is 9.71.